The van der Waals surface area contributed by atoms with Crippen LogP contribution in [0.25, 0.3) is 0 Å². The third-order valence-electron chi connectivity index (χ3n) is 5.73. The van der Waals surface area contributed by atoms with Gasteiger partial charge in [0.15, 0.2) is 11.5 Å². The Morgan fingerprint density at radius 2 is 1.52 bits per heavy atom. The smallest absolute Gasteiger partial charge is 0.232 e. The molecular formula is C27H29NO5. The molecule has 6 heteroatoms. The molecule has 0 saturated carbocycles. The second-order valence-electron chi connectivity index (χ2n) is 7.68. The summed E-state index contributed by atoms with van der Waals surface area (Å²) in [6.45, 7) is 4.92. The zero-order valence-electron chi connectivity index (χ0n) is 19.5. The van der Waals surface area contributed by atoms with Crippen LogP contribution in [0.15, 0.2) is 60.7 Å². The first kappa shape index (κ1) is 22.5. The van der Waals surface area contributed by atoms with E-state index in [1.165, 1.54) is 0 Å². The normalized spacial score (nSPS) is 15.1. The van der Waals surface area contributed by atoms with E-state index < -0.39 is 0 Å². The minimum Gasteiger partial charge on any atom is -0.497 e. The number of hydrogen-bond acceptors (Lipinski definition) is 5. The van der Waals surface area contributed by atoms with Crippen molar-refractivity contribution in [1.82, 2.24) is 0 Å². The van der Waals surface area contributed by atoms with Crippen LogP contribution in [-0.2, 0) is 11.2 Å². The summed E-state index contributed by atoms with van der Waals surface area (Å²) in [4.78, 5) is 15.4. The number of fused-ring (bicyclic) bond motifs is 1. The summed E-state index contributed by atoms with van der Waals surface area (Å²) in [5.74, 6) is 2.81. The molecule has 6 nitrogen and oxygen atoms in total. The molecule has 3 aromatic carbocycles. The SMILES string of the molecule is CCOc1cc2c(cc1OCC)C(c1cccc(OC)c1)N(c1ccc(OC)cc1)C(=O)C2. The van der Waals surface area contributed by atoms with E-state index in [9.17, 15) is 4.79 Å². The highest BCUT2D eigenvalue weighted by Gasteiger charge is 2.36. The molecule has 172 valence electrons. The highest BCUT2D eigenvalue weighted by Crippen LogP contribution is 2.44. The lowest BCUT2D eigenvalue weighted by atomic mass is 9.86. The number of hydrogen-bond donors (Lipinski definition) is 0. The van der Waals surface area contributed by atoms with Crippen LogP contribution in [0, 0.1) is 0 Å². The lowest BCUT2D eigenvalue weighted by Gasteiger charge is -2.38. The van der Waals surface area contributed by atoms with Crippen molar-refractivity contribution in [2.75, 3.05) is 32.3 Å². The third-order valence-corrected chi connectivity index (χ3v) is 5.73. The number of benzene rings is 3. The average molecular weight is 448 g/mol. The van der Waals surface area contributed by atoms with Gasteiger partial charge in [0.1, 0.15) is 11.5 Å². The van der Waals surface area contributed by atoms with Crippen molar-refractivity contribution in [3.05, 3.63) is 77.4 Å². The molecule has 4 rings (SSSR count). The van der Waals surface area contributed by atoms with Crippen molar-refractivity contribution < 1.29 is 23.7 Å². The summed E-state index contributed by atoms with van der Waals surface area (Å²) < 4.78 is 22.5. The first-order valence-corrected chi connectivity index (χ1v) is 11.1. The number of carbonyl (C=O) groups is 1. The molecular weight excluding hydrogens is 418 g/mol. The highest BCUT2D eigenvalue weighted by atomic mass is 16.5. The topological polar surface area (TPSA) is 57.2 Å². The van der Waals surface area contributed by atoms with E-state index in [1.54, 1.807) is 14.2 Å². The van der Waals surface area contributed by atoms with Gasteiger partial charge in [0, 0.05) is 5.69 Å². The van der Waals surface area contributed by atoms with E-state index in [4.69, 9.17) is 18.9 Å². The van der Waals surface area contributed by atoms with Crippen molar-refractivity contribution in [3.63, 3.8) is 0 Å². The Hall–Kier alpha value is -3.67. The number of methoxy groups -OCH3 is 2. The second kappa shape index (κ2) is 9.86. The summed E-state index contributed by atoms with van der Waals surface area (Å²) in [6, 6.07) is 19.0. The average Bonchev–Trinajstić information content (AvgIpc) is 2.84. The Balaban J connectivity index is 1.91. The molecule has 0 bridgehead atoms. The van der Waals surface area contributed by atoms with Crippen LogP contribution in [-0.4, -0.2) is 33.3 Å². The summed E-state index contributed by atoms with van der Waals surface area (Å²) >= 11 is 0. The Morgan fingerprint density at radius 3 is 2.15 bits per heavy atom. The zero-order valence-corrected chi connectivity index (χ0v) is 19.5. The summed E-state index contributed by atoms with van der Waals surface area (Å²) in [5, 5.41) is 0. The number of amides is 1. The molecule has 33 heavy (non-hydrogen) atoms. The van der Waals surface area contributed by atoms with Crippen molar-refractivity contribution in [3.8, 4) is 23.0 Å². The molecule has 0 saturated heterocycles. The molecule has 1 atom stereocenters. The maximum atomic E-state index is 13.5. The van der Waals surface area contributed by atoms with Gasteiger partial charge in [0.25, 0.3) is 0 Å². The quantitative estimate of drug-likeness (QED) is 0.476. The standard InChI is InChI=1S/C27H29NO5/c1-5-32-24-15-19-16-26(29)28(20-10-12-21(30-3)13-11-20)27(23(19)17-25(24)33-6-2)18-8-7-9-22(14-18)31-4/h7-15,17,27H,5-6,16H2,1-4H3. The Bertz CT molecular complexity index is 1130. The minimum absolute atomic E-state index is 0.00657. The van der Waals surface area contributed by atoms with Gasteiger partial charge in [0.05, 0.1) is 39.9 Å². The predicted octanol–water partition coefficient (Wildman–Crippen LogP) is 5.18. The monoisotopic (exact) mass is 447 g/mol. The molecule has 0 aromatic heterocycles. The molecule has 0 fully saturated rings. The molecule has 1 aliphatic rings. The van der Waals surface area contributed by atoms with Crippen LogP contribution in [0.4, 0.5) is 5.69 Å². The number of rotatable bonds is 8. The fraction of sp³-hybridized carbons (Fsp3) is 0.296. The van der Waals surface area contributed by atoms with E-state index in [1.807, 2.05) is 79.4 Å². The van der Waals surface area contributed by atoms with E-state index in [0.29, 0.717) is 24.7 Å². The molecule has 0 aliphatic carbocycles. The van der Waals surface area contributed by atoms with Crippen LogP contribution in [0.5, 0.6) is 23.0 Å². The summed E-state index contributed by atoms with van der Waals surface area (Å²) in [5.41, 5.74) is 3.69. The van der Waals surface area contributed by atoms with Crippen LogP contribution < -0.4 is 23.8 Å². The maximum Gasteiger partial charge on any atom is 0.232 e. The summed E-state index contributed by atoms with van der Waals surface area (Å²) in [6.07, 6.45) is 0.272. The van der Waals surface area contributed by atoms with E-state index in [0.717, 1.165) is 33.9 Å². The van der Waals surface area contributed by atoms with Crippen molar-refractivity contribution in [2.45, 2.75) is 26.3 Å². The molecule has 1 aliphatic heterocycles. The molecule has 1 amide bonds. The Labute approximate surface area is 194 Å². The largest absolute Gasteiger partial charge is 0.497 e. The molecule has 1 heterocycles. The van der Waals surface area contributed by atoms with Crippen LogP contribution in [0.2, 0.25) is 0 Å². The van der Waals surface area contributed by atoms with E-state index >= 15 is 0 Å². The fourth-order valence-corrected chi connectivity index (χ4v) is 4.27. The first-order valence-electron chi connectivity index (χ1n) is 11.1. The molecule has 0 spiro atoms. The van der Waals surface area contributed by atoms with Crippen molar-refractivity contribution >= 4 is 11.6 Å². The van der Waals surface area contributed by atoms with Gasteiger partial charge in [-0.2, -0.15) is 0 Å². The zero-order chi connectivity index (χ0) is 23.4. The fourth-order valence-electron chi connectivity index (χ4n) is 4.27. The van der Waals surface area contributed by atoms with Crippen molar-refractivity contribution in [1.29, 1.82) is 0 Å². The molecule has 0 N–H and O–H groups in total. The second-order valence-corrected chi connectivity index (χ2v) is 7.68. The third kappa shape index (κ3) is 4.46. The van der Waals surface area contributed by atoms with Crippen molar-refractivity contribution in [2.24, 2.45) is 0 Å². The lowest BCUT2D eigenvalue weighted by Crippen LogP contribution is -2.41. The number of nitrogens with zero attached hydrogens (tertiary/aromatic N) is 1. The summed E-state index contributed by atoms with van der Waals surface area (Å²) in [7, 11) is 3.27. The number of ether oxygens (including phenoxy) is 4. The highest BCUT2D eigenvalue weighted by molar-refractivity contribution is 5.98. The van der Waals surface area contributed by atoms with Crippen LogP contribution in [0.3, 0.4) is 0 Å². The van der Waals surface area contributed by atoms with Gasteiger partial charge in [-0.1, -0.05) is 12.1 Å². The van der Waals surface area contributed by atoms with E-state index in [2.05, 4.69) is 0 Å². The maximum absolute atomic E-state index is 13.5. The van der Waals surface area contributed by atoms with Gasteiger partial charge in [-0.3, -0.25) is 4.79 Å². The molecule has 1 unspecified atom stereocenters. The van der Waals surface area contributed by atoms with Gasteiger partial charge in [-0.15, -0.1) is 0 Å². The molecule has 3 aromatic rings. The molecule has 0 radical (unpaired) electrons. The minimum atomic E-state index is -0.348. The predicted molar refractivity (Wildman–Crippen MR) is 128 cm³/mol. The Morgan fingerprint density at radius 1 is 0.848 bits per heavy atom. The first-order chi connectivity index (χ1) is 16.1. The number of anilines is 1. The number of carbonyl (C=O) groups excluding carboxylic acids is 1. The van der Waals surface area contributed by atoms with E-state index in [-0.39, 0.29) is 18.4 Å². The van der Waals surface area contributed by atoms with Gasteiger partial charge in [0.2, 0.25) is 5.91 Å². The van der Waals surface area contributed by atoms with Gasteiger partial charge >= 0.3 is 0 Å². The van der Waals surface area contributed by atoms with Crippen LogP contribution in [0.1, 0.15) is 36.6 Å². The Kier molecular flexibility index (Phi) is 6.73. The van der Waals surface area contributed by atoms with Gasteiger partial charge < -0.3 is 23.8 Å². The van der Waals surface area contributed by atoms with Gasteiger partial charge in [-0.05, 0) is 79.1 Å². The van der Waals surface area contributed by atoms with Crippen LogP contribution >= 0.6 is 0 Å². The lowest BCUT2D eigenvalue weighted by molar-refractivity contribution is -0.118. The van der Waals surface area contributed by atoms with Gasteiger partial charge in [-0.25, -0.2) is 0 Å².